The first-order valence-electron chi connectivity index (χ1n) is 5.14. The van der Waals surface area contributed by atoms with Gasteiger partial charge in [-0.25, -0.2) is 13.4 Å². The molecule has 2 aromatic heterocycles. The van der Waals surface area contributed by atoms with Gasteiger partial charge in [0, 0.05) is 18.6 Å². The summed E-state index contributed by atoms with van der Waals surface area (Å²) in [6.07, 6.45) is 4.16. The van der Waals surface area contributed by atoms with E-state index in [-0.39, 0.29) is 16.4 Å². The molecule has 2 heterocycles. The van der Waals surface area contributed by atoms with Crippen molar-refractivity contribution in [1.82, 2.24) is 9.97 Å². The summed E-state index contributed by atoms with van der Waals surface area (Å²) in [6, 6.07) is 4.83. The minimum absolute atomic E-state index is 0.0618. The Bertz CT molecular complexity index is 670. The molecular weight excluding hydrogens is 252 g/mol. The number of rotatable bonds is 3. The van der Waals surface area contributed by atoms with Gasteiger partial charge in [0.2, 0.25) is 0 Å². The lowest BCUT2D eigenvalue weighted by Gasteiger charge is -2.08. The van der Waals surface area contributed by atoms with Crippen LogP contribution in [0.1, 0.15) is 5.56 Å². The summed E-state index contributed by atoms with van der Waals surface area (Å²) in [5.74, 6) is 0.248. The van der Waals surface area contributed by atoms with Crippen molar-refractivity contribution < 1.29 is 8.42 Å². The highest BCUT2D eigenvalue weighted by atomic mass is 32.2. The molecule has 0 unspecified atom stereocenters. The lowest BCUT2D eigenvalue weighted by molar-refractivity contribution is 0.601. The van der Waals surface area contributed by atoms with Gasteiger partial charge in [-0.05, 0) is 30.7 Å². The molecule has 94 valence electrons. The zero-order chi connectivity index (χ0) is 13.2. The van der Waals surface area contributed by atoms with Crippen molar-refractivity contribution >= 4 is 21.5 Å². The number of nitrogens with zero attached hydrogens (tertiary/aromatic N) is 2. The molecule has 0 saturated heterocycles. The van der Waals surface area contributed by atoms with Crippen LogP contribution in [0.15, 0.2) is 41.7 Å². The maximum Gasteiger partial charge on any atom is 0.266 e. The topological polar surface area (TPSA) is 98.0 Å². The summed E-state index contributed by atoms with van der Waals surface area (Å²) in [4.78, 5) is 7.62. The van der Waals surface area contributed by atoms with E-state index in [1.807, 2.05) is 6.92 Å². The summed E-state index contributed by atoms with van der Waals surface area (Å²) >= 11 is 0. The number of nitrogens with two attached hydrogens (primary N) is 1. The Kier molecular flexibility index (Phi) is 3.15. The van der Waals surface area contributed by atoms with Gasteiger partial charge < -0.3 is 5.73 Å². The molecule has 0 aliphatic carbocycles. The monoisotopic (exact) mass is 264 g/mol. The van der Waals surface area contributed by atoms with Crippen molar-refractivity contribution in [3.05, 3.63) is 42.4 Å². The maximum atomic E-state index is 12.1. The largest absolute Gasteiger partial charge is 0.398 e. The first kappa shape index (κ1) is 12.3. The standard InChI is InChI=1S/C11H12N4O2S/c1-8-2-5-14-11(6-8)15-18(16,17)10-7-13-4-3-9(10)12/h2-7H,1H3,(H2,12,13)(H,14,15). The molecule has 2 aromatic rings. The van der Waals surface area contributed by atoms with Crippen molar-refractivity contribution in [2.45, 2.75) is 11.8 Å². The van der Waals surface area contributed by atoms with Crippen molar-refractivity contribution in [2.24, 2.45) is 0 Å². The number of hydrogen-bond acceptors (Lipinski definition) is 5. The van der Waals surface area contributed by atoms with E-state index in [0.717, 1.165) is 5.56 Å². The molecule has 7 heteroatoms. The van der Waals surface area contributed by atoms with Gasteiger partial charge in [0.15, 0.2) is 0 Å². The predicted octanol–water partition coefficient (Wildman–Crippen LogP) is 1.17. The highest BCUT2D eigenvalue weighted by Crippen LogP contribution is 2.19. The van der Waals surface area contributed by atoms with Crippen LogP contribution in [-0.2, 0) is 10.0 Å². The van der Waals surface area contributed by atoms with Gasteiger partial charge >= 0.3 is 0 Å². The number of pyridine rings is 2. The van der Waals surface area contributed by atoms with Crippen LogP contribution in [0.4, 0.5) is 11.5 Å². The summed E-state index contributed by atoms with van der Waals surface area (Å²) in [5.41, 5.74) is 6.66. The fourth-order valence-electron chi connectivity index (χ4n) is 1.40. The predicted molar refractivity (Wildman–Crippen MR) is 68.4 cm³/mol. The van der Waals surface area contributed by atoms with E-state index in [4.69, 9.17) is 5.73 Å². The molecule has 0 spiro atoms. The molecule has 0 aromatic carbocycles. The minimum atomic E-state index is -3.76. The lowest BCUT2D eigenvalue weighted by Crippen LogP contribution is -2.15. The van der Waals surface area contributed by atoms with E-state index < -0.39 is 10.0 Å². The van der Waals surface area contributed by atoms with Gasteiger partial charge in [0.05, 0.1) is 5.69 Å². The summed E-state index contributed by atoms with van der Waals surface area (Å²) in [7, 11) is -3.76. The Balaban J connectivity index is 2.37. The second-order valence-electron chi connectivity index (χ2n) is 3.74. The van der Waals surface area contributed by atoms with Gasteiger partial charge in [-0.3, -0.25) is 9.71 Å². The molecule has 0 amide bonds. The molecule has 6 nitrogen and oxygen atoms in total. The van der Waals surface area contributed by atoms with Gasteiger partial charge in [-0.1, -0.05) is 0 Å². The van der Waals surface area contributed by atoms with E-state index in [9.17, 15) is 8.42 Å². The van der Waals surface area contributed by atoms with Gasteiger partial charge in [-0.15, -0.1) is 0 Å². The number of sulfonamides is 1. The Morgan fingerprint density at radius 2 is 2.06 bits per heavy atom. The summed E-state index contributed by atoms with van der Waals surface area (Å²) in [5, 5.41) is 0. The average Bonchev–Trinajstić information content (AvgIpc) is 2.28. The second-order valence-corrected chi connectivity index (χ2v) is 5.39. The van der Waals surface area contributed by atoms with E-state index in [0.29, 0.717) is 0 Å². The van der Waals surface area contributed by atoms with Crippen molar-refractivity contribution in [3.8, 4) is 0 Å². The van der Waals surface area contributed by atoms with Crippen LogP contribution in [0.25, 0.3) is 0 Å². The van der Waals surface area contributed by atoms with Crippen molar-refractivity contribution in [2.75, 3.05) is 10.5 Å². The minimum Gasteiger partial charge on any atom is -0.398 e. The Morgan fingerprint density at radius 1 is 1.28 bits per heavy atom. The smallest absolute Gasteiger partial charge is 0.266 e. The van der Waals surface area contributed by atoms with E-state index in [1.165, 1.54) is 24.7 Å². The number of hydrogen-bond donors (Lipinski definition) is 2. The Labute approximate surface area is 105 Å². The molecule has 0 aliphatic rings. The Morgan fingerprint density at radius 3 is 2.72 bits per heavy atom. The Hall–Kier alpha value is -2.15. The van der Waals surface area contributed by atoms with Crippen LogP contribution in [0, 0.1) is 6.92 Å². The quantitative estimate of drug-likeness (QED) is 0.867. The molecule has 0 atom stereocenters. The first-order valence-corrected chi connectivity index (χ1v) is 6.62. The molecule has 0 radical (unpaired) electrons. The van der Waals surface area contributed by atoms with E-state index >= 15 is 0 Å². The van der Waals surface area contributed by atoms with Crippen molar-refractivity contribution in [3.63, 3.8) is 0 Å². The molecular formula is C11H12N4O2S. The molecule has 3 N–H and O–H groups in total. The number of anilines is 2. The fourth-order valence-corrected chi connectivity index (χ4v) is 2.47. The summed E-state index contributed by atoms with van der Waals surface area (Å²) in [6.45, 7) is 1.85. The number of nitrogens with one attached hydrogen (secondary N) is 1. The second kappa shape index (κ2) is 4.61. The maximum absolute atomic E-state index is 12.1. The zero-order valence-electron chi connectivity index (χ0n) is 9.66. The third-order valence-corrected chi connectivity index (χ3v) is 3.66. The normalized spacial score (nSPS) is 11.2. The van der Waals surface area contributed by atoms with Crippen LogP contribution >= 0.6 is 0 Å². The molecule has 2 rings (SSSR count). The summed E-state index contributed by atoms with van der Waals surface area (Å²) < 4.78 is 26.5. The average molecular weight is 264 g/mol. The van der Waals surface area contributed by atoms with E-state index in [2.05, 4.69) is 14.7 Å². The van der Waals surface area contributed by atoms with Gasteiger partial charge in [0.25, 0.3) is 10.0 Å². The highest BCUT2D eigenvalue weighted by Gasteiger charge is 2.18. The van der Waals surface area contributed by atoms with Gasteiger partial charge in [0.1, 0.15) is 10.7 Å². The first-order chi connectivity index (χ1) is 8.49. The van der Waals surface area contributed by atoms with Crippen LogP contribution in [0.3, 0.4) is 0 Å². The molecule has 18 heavy (non-hydrogen) atoms. The number of nitrogen functional groups attached to an aromatic ring is 1. The van der Waals surface area contributed by atoms with Crippen LogP contribution in [-0.4, -0.2) is 18.4 Å². The van der Waals surface area contributed by atoms with Crippen LogP contribution in [0.2, 0.25) is 0 Å². The lowest BCUT2D eigenvalue weighted by atomic mass is 10.3. The molecule has 0 aliphatic heterocycles. The van der Waals surface area contributed by atoms with Crippen molar-refractivity contribution in [1.29, 1.82) is 0 Å². The van der Waals surface area contributed by atoms with Gasteiger partial charge in [-0.2, -0.15) is 0 Å². The SMILES string of the molecule is Cc1ccnc(NS(=O)(=O)c2cnccc2N)c1. The van der Waals surface area contributed by atoms with Crippen LogP contribution < -0.4 is 10.5 Å². The third kappa shape index (κ3) is 2.57. The van der Waals surface area contributed by atoms with E-state index in [1.54, 1.807) is 12.1 Å². The number of aromatic nitrogens is 2. The molecule has 0 fully saturated rings. The number of aryl methyl sites for hydroxylation is 1. The third-order valence-electron chi connectivity index (χ3n) is 2.26. The highest BCUT2D eigenvalue weighted by molar-refractivity contribution is 7.92. The fraction of sp³-hybridized carbons (Fsp3) is 0.0909. The zero-order valence-corrected chi connectivity index (χ0v) is 10.5. The molecule has 0 saturated carbocycles. The van der Waals surface area contributed by atoms with Crippen LogP contribution in [0.5, 0.6) is 0 Å². The molecule has 0 bridgehead atoms.